The van der Waals surface area contributed by atoms with Gasteiger partial charge < -0.3 is 19.2 Å². The van der Waals surface area contributed by atoms with E-state index in [9.17, 15) is 14.4 Å². The fraction of sp³-hybridized carbons (Fsp3) is 0.150. The first-order chi connectivity index (χ1) is 12.9. The van der Waals surface area contributed by atoms with Gasteiger partial charge in [-0.05, 0) is 54.3 Å². The maximum absolute atomic E-state index is 12.6. The molecule has 7 heteroatoms. The SMILES string of the molecule is COC(=O)c1ccc(C)c(NC(=O)c2cc3cc(OC)ccc3c(=O)o2)c1. The minimum Gasteiger partial charge on any atom is -0.497 e. The number of hydrogen-bond donors (Lipinski definition) is 1. The Balaban J connectivity index is 1.97. The van der Waals surface area contributed by atoms with Crippen LogP contribution in [0.4, 0.5) is 5.69 Å². The Bertz CT molecular complexity index is 1100. The minimum atomic E-state index is -0.625. The Kier molecular flexibility index (Phi) is 4.94. The molecule has 1 amide bonds. The number of amides is 1. The number of hydrogen-bond acceptors (Lipinski definition) is 6. The molecule has 0 saturated heterocycles. The van der Waals surface area contributed by atoms with Crippen LogP contribution in [-0.2, 0) is 4.74 Å². The Labute approximate surface area is 154 Å². The van der Waals surface area contributed by atoms with Gasteiger partial charge in [-0.25, -0.2) is 9.59 Å². The lowest BCUT2D eigenvalue weighted by molar-refractivity contribution is 0.0600. The summed E-state index contributed by atoms with van der Waals surface area (Å²) in [5.74, 6) is -0.721. The van der Waals surface area contributed by atoms with E-state index in [1.54, 1.807) is 37.3 Å². The molecule has 0 spiro atoms. The average molecular weight is 367 g/mol. The van der Waals surface area contributed by atoms with Crippen LogP contribution in [-0.4, -0.2) is 26.1 Å². The highest BCUT2D eigenvalue weighted by molar-refractivity contribution is 6.05. The number of carbonyl (C=O) groups is 2. The molecule has 27 heavy (non-hydrogen) atoms. The summed E-state index contributed by atoms with van der Waals surface area (Å²) in [6.07, 6.45) is 0. The van der Waals surface area contributed by atoms with Crippen molar-refractivity contribution in [2.75, 3.05) is 19.5 Å². The van der Waals surface area contributed by atoms with Crippen LogP contribution in [0.1, 0.15) is 26.5 Å². The van der Waals surface area contributed by atoms with Gasteiger partial charge in [-0.1, -0.05) is 6.07 Å². The Hall–Kier alpha value is -3.61. The smallest absolute Gasteiger partial charge is 0.344 e. The van der Waals surface area contributed by atoms with Gasteiger partial charge in [-0.15, -0.1) is 0 Å². The standard InChI is InChI=1S/C20H17NO6/c1-11-4-5-12(19(23)26-3)9-16(11)21-18(22)17-10-13-8-14(25-2)6-7-15(13)20(24)27-17/h4-10H,1-3H3,(H,21,22). The number of nitrogens with one attached hydrogen (secondary N) is 1. The molecule has 0 radical (unpaired) electrons. The van der Waals surface area contributed by atoms with Crippen LogP contribution in [0, 0.1) is 6.92 Å². The zero-order valence-electron chi connectivity index (χ0n) is 15.0. The van der Waals surface area contributed by atoms with Crippen LogP contribution in [0.5, 0.6) is 5.75 Å². The maximum Gasteiger partial charge on any atom is 0.344 e. The highest BCUT2D eigenvalue weighted by Crippen LogP contribution is 2.21. The molecule has 0 unspecified atom stereocenters. The largest absolute Gasteiger partial charge is 0.497 e. The predicted octanol–water partition coefficient (Wildman–Crippen LogP) is 3.15. The van der Waals surface area contributed by atoms with Crippen LogP contribution in [0.2, 0.25) is 0 Å². The highest BCUT2D eigenvalue weighted by Gasteiger charge is 2.15. The summed E-state index contributed by atoms with van der Waals surface area (Å²) < 4.78 is 15.0. The van der Waals surface area contributed by atoms with Gasteiger partial charge in [0.25, 0.3) is 5.91 Å². The van der Waals surface area contributed by atoms with Crippen molar-refractivity contribution >= 4 is 28.3 Å². The molecular weight excluding hydrogens is 350 g/mol. The van der Waals surface area contributed by atoms with E-state index in [4.69, 9.17) is 9.15 Å². The lowest BCUT2D eigenvalue weighted by atomic mass is 10.1. The van der Waals surface area contributed by atoms with Gasteiger partial charge in [-0.3, -0.25) is 4.79 Å². The summed E-state index contributed by atoms with van der Waals surface area (Å²) in [5, 5.41) is 3.52. The molecule has 0 fully saturated rings. The molecule has 0 saturated carbocycles. The first-order valence-electron chi connectivity index (χ1n) is 8.05. The molecule has 1 aromatic heterocycles. The normalized spacial score (nSPS) is 10.5. The summed E-state index contributed by atoms with van der Waals surface area (Å²) in [5.41, 5.74) is 0.820. The number of aryl methyl sites for hydroxylation is 1. The van der Waals surface area contributed by atoms with Crippen molar-refractivity contribution < 1.29 is 23.5 Å². The van der Waals surface area contributed by atoms with E-state index in [2.05, 4.69) is 10.1 Å². The van der Waals surface area contributed by atoms with Crippen molar-refractivity contribution in [3.8, 4) is 5.75 Å². The first kappa shape index (κ1) is 18.2. The Morgan fingerprint density at radius 1 is 1.04 bits per heavy atom. The van der Waals surface area contributed by atoms with Gasteiger partial charge >= 0.3 is 11.6 Å². The van der Waals surface area contributed by atoms with Gasteiger partial charge in [0.1, 0.15) is 5.75 Å². The van der Waals surface area contributed by atoms with E-state index in [0.717, 1.165) is 5.56 Å². The molecule has 0 atom stereocenters. The molecule has 7 nitrogen and oxygen atoms in total. The third-order valence-electron chi connectivity index (χ3n) is 4.10. The van der Waals surface area contributed by atoms with Crippen molar-refractivity contribution in [3.63, 3.8) is 0 Å². The topological polar surface area (TPSA) is 94.8 Å². The van der Waals surface area contributed by atoms with Gasteiger partial charge in [0.15, 0.2) is 5.76 Å². The van der Waals surface area contributed by atoms with E-state index >= 15 is 0 Å². The zero-order valence-corrected chi connectivity index (χ0v) is 15.0. The third kappa shape index (κ3) is 3.67. The van der Waals surface area contributed by atoms with Crippen molar-refractivity contribution in [2.24, 2.45) is 0 Å². The van der Waals surface area contributed by atoms with Gasteiger partial charge in [0, 0.05) is 5.69 Å². The second-order valence-corrected chi connectivity index (χ2v) is 5.83. The molecule has 1 N–H and O–H groups in total. The van der Waals surface area contributed by atoms with Crippen LogP contribution in [0.3, 0.4) is 0 Å². The molecule has 0 aliphatic carbocycles. The van der Waals surface area contributed by atoms with Crippen LogP contribution in [0.15, 0.2) is 51.7 Å². The third-order valence-corrected chi connectivity index (χ3v) is 4.10. The van der Waals surface area contributed by atoms with Gasteiger partial charge in [-0.2, -0.15) is 0 Å². The molecular formula is C20H17NO6. The van der Waals surface area contributed by atoms with E-state index in [0.29, 0.717) is 27.8 Å². The lowest BCUT2D eigenvalue weighted by Crippen LogP contribution is -2.16. The fourth-order valence-electron chi connectivity index (χ4n) is 2.60. The van der Waals surface area contributed by atoms with Crippen LogP contribution < -0.4 is 15.7 Å². The maximum atomic E-state index is 12.6. The number of esters is 1. The number of rotatable bonds is 4. The average Bonchev–Trinajstić information content (AvgIpc) is 2.68. The van der Waals surface area contributed by atoms with E-state index in [-0.39, 0.29) is 5.76 Å². The fourth-order valence-corrected chi connectivity index (χ4v) is 2.60. The Morgan fingerprint density at radius 3 is 2.52 bits per heavy atom. The van der Waals surface area contributed by atoms with E-state index in [1.807, 2.05) is 0 Å². The number of ether oxygens (including phenoxy) is 2. The highest BCUT2D eigenvalue weighted by atomic mass is 16.5. The molecule has 0 aliphatic heterocycles. The predicted molar refractivity (Wildman–Crippen MR) is 99.5 cm³/mol. The summed E-state index contributed by atoms with van der Waals surface area (Å²) in [6, 6.07) is 11.1. The van der Waals surface area contributed by atoms with Crippen molar-refractivity contribution in [2.45, 2.75) is 6.92 Å². The second kappa shape index (κ2) is 7.33. The van der Waals surface area contributed by atoms with Crippen molar-refractivity contribution in [1.82, 2.24) is 0 Å². The molecule has 3 rings (SSSR count). The molecule has 0 aliphatic rings. The van der Waals surface area contributed by atoms with Crippen molar-refractivity contribution in [3.05, 3.63) is 69.8 Å². The lowest BCUT2D eigenvalue weighted by Gasteiger charge is -2.10. The molecule has 3 aromatic rings. The second-order valence-electron chi connectivity index (χ2n) is 5.83. The number of anilines is 1. The van der Waals surface area contributed by atoms with Crippen molar-refractivity contribution in [1.29, 1.82) is 0 Å². The first-order valence-corrected chi connectivity index (χ1v) is 8.05. The molecule has 1 heterocycles. The molecule has 2 aromatic carbocycles. The summed E-state index contributed by atoms with van der Waals surface area (Å²) in [7, 11) is 2.79. The summed E-state index contributed by atoms with van der Waals surface area (Å²) >= 11 is 0. The monoisotopic (exact) mass is 367 g/mol. The Morgan fingerprint density at radius 2 is 1.81 bits per heavy atom. The molecule has 0 bridgehead atoms. The number of fused-ring (bicyclic) bond motifs is 1. The van der Waals surface area contributed by atoms with Crippen LogP contribution >= 0.6 is 0 Å². The van der Waals surface area contributed by atoms with Gasteiger partial charge in [0.2, 0.25) is 0 Å². The van der Waals surface area contributed by atoms with E-state index in [1.165, 1.54) is 26.4 Å². The zero-order chi connectivity index (χ0) is 19.6. The summed E-state index contributed by atoms with van der Waals surface area (Å²) in [6.45, 7) is 1.78. The molecule has 138 valence electrons. The van der Waals surface area contributed by atoms with E-state index < -0.39 is 17.5 Å². The number of benzene rings is 2. The van der Waals surface area contributed by atoms with Crippen LogP contribution in [0.25, 0.3) is 10.8 Å². The minimum absolute atomic E-state index is 0.149. The van der Waals surface area contributed by atoms with Gasteiger partial charge in [0.05, 0.1) is 25.2 Å². The summed E-state index contributed by atoms with van der Waals surface area (Å²) in [4.78, 5) is 36.4. The quantitative estimate of drug-likeness (QED) is 0.712. The number of methoxy groups -OCH3 is 2. The number of carbonyl (C=O) groups excluding carboxylic acids is 2.